The van der Waals surface area contributed by atoms with Crippen molar-refractivity contribution >= 4 is 39.5 Å². The van der Waals surface area contributed by atoms with Crippen LogP contribution in [0, 0.1) is 5.92 Å². The average molecular weight is 463 g/mol. The lowest BCUT2D eigenvalue weighted by atomic mass is 9.87. The fraction of sp³-hybridized carbons (Fsp3) is 0.571. The summed E-state index contributed by atoms with van der Waals surface area (Å²) in [7, 11) is 0. The van der Waals surface area contributed by atoms with Gasteiger partial charge in [-0.15, -0.1) is 0 Å². The molecule has 2 saturated heterocycles. The molecule has 2 N–H and O–H groups in total. The Morgan fingerprint density at radius 1 is 1.28 bits per heavy atom. The van der Waals surface area contributed by atoms with E-state index in [2.05, 4.69) is 50.5 Å². The summed E-state index contributed by atoms with van der Waals surface area (Å²) in [6, 6.07) is 7.96. The Bertz CT molecular complexity index is 828. The van der Waals surface area contributed by atoms with Crippen LogP contribution in [0.4, 0.5) is 10.5 Å². The molecule has 8 heteroatoms. The quantitative estimate of drug-likeness (QED) is 0.636. The first-order valence-electron chi connectivity index (χ1n) is 10.3. The van der Waals surface area contributed by atoms with Gasteiger partial charge in [0, 0.05) is 42.3 Å². The second-order valence-electron chi connectivity index (χ2n) is 8.50. The zero-order valence-corrected chi connectivity index (χ0v) is 18.2. The van der Waals surface area contributed by atoms with Crippen LogP contribution in [0.15, 0.2) is 28.7 Å². The molecule has 156 valence electrons. The van der Waals surface area contributed by atoms with Crippen molar-refractivity contribution < 1.29 is 14.4 Å². The van der Waals surface area contributed by atoms with Gasteiger partial charge in [0.25, 0.3) is 5.91 Å². The van der Waals surface area contributed by atoms with Crippen molar-refractivity contribution in [3.8, 4) is 0 Å². The number of piperazine rings is 1. The standard InChI is InChI=1S/C21H27BrN4O3/c1-14-13-25(9-10-26(14)17-4-2-3-16(22)11-17)18(27)7-8-21(12-15-5-6-15)19(28)23-20(29)24-21/h2-4,11,14-15H,5-10,12-13H2,1H3,(H2,23,24,28,29)/t14-,21?/m0/s1. The monoisotopic (exact) mass is 462 g/mol. The number of anilines is 1. The normalized spacial score (nSPS) is 27.0. The van der Waals surface area contributed by atoms with E-state index in [4.69, 9.17) is 0 Å². The number of rotatable bonds is 6. The molecule has 3 fully saturated rings. The summed E-state index contributed by atoms with van der Waals surface area (Å²) in [5.41, 5.74) is 0.227. The minimum Gasteiger partial charge on any atom is -0.365 e. The lowest BCUT2D eigenvalue weighted by Crippen LogP contribution is -2.54. The molecule has 0 aromatic heterocycles. The fourth-order valence-electron chi connectivity index (χ4n) is 4.47. The first kappa shape index (κ1) is 20.2. The number of nitrogens with zero attached hydrogens (tertiary/aromatic N) is 2. The fourth-order valence-corrected chi connectivity index (χ4v) is 4.85. The highest BCUT2D eigenvalue weighted by Crippen LogP contribution is 2.39. The van der Waals surface area contributed by atoms with Crippen LogP contribution in [-0.4, -0.2) is 54.0 Å². The summed E-state index contributed by atoms with van der Waals surface area (Å²) >= 11 is 3.52. The van der Waals surface area contributed by atoms with E-state index in [9.17, 15) is 14.4 Å². The molecule has 1 aromatic carbocycles. The summed E-state index contributed by atoms with van der Waals surface area (Å²) in [5.74, 6) is 0.243. The number of carbonyl (C=O) groups excluding carboxylic acids is 3. The van der Waals surface area contributed by atoms with Crippen molar-refractivity contribution in [2.45, 2.75) is 50.6 Å². The van der Waals surface area contributed by atoms with E-state index >= 15 is 0 Å². The number of amides is 4. The number of hydrogen-bond donors (Lipinski definition) is 2. The molecule has 0 bridgehead atoms. The van der Waals surface area contributed by atoms with E-state index in [1.807, 2.05) is 17.0 Å². The highest BCUT2D eigenvalue weighted by atomic mass is 79.9. The molecule has 7 nitrogen and oxygen atoms in total. The van der Waals surface area contributed by atoms with Crippen LogP contribution in [0.3, 0.4) is 0 Å². The SMILES string of the molecule is C[C@H]1CN(C(=O)CCC2(CC3CC3)NC(=O)NC2=O)CCN1c1cccc(Br)c1. The van der Waals surface area contributed by atoms with Crippen molar-refractivity contribution in [1.29, 1.82) is 0 Å². The van der Waals surface area contributed by atoms with Crippen molar-refractivity contribution in [2.75, 3.05) is 24.5 Å². The maximum atomic E-state index is 12.9. The molecule has 1 saturated carbocycles. The van der Waals surface area contributed by atoms with E-state index in [0.29, 0.717) is 31.8 Å². The Kier molecular flexibility index (Phi) is 5.55. The predicted molar refractivity (Wildman–Crippen MR) is 114 cm³/mol. The molecule has 0 radical (unpaired) electrons. The number of nitrogens with one attached hydrogen (secondary N) is 2. The lowest BCUT2D eigenvalue weighted by Gasteiger charge is -2.41. The molecule has 2 aliphatic heterocycles. The molecular formula is C21H27BrN4O3. The van der Waals surface area contributed by atoms with Crippen molar-refractivity contribution in [3.05, 3.63) is 28.7 Å². The molecular weight excluding hydrogens is 436 g/mol. The smallest absolute Gasteiger partial charge is 0.322 e. The second-order valence-corrected chi connectivity index (χ2v) is 9.42. The zero-order valence-electron chi connectivity index (χ0n) is 16.6. The second kappa shape index (κ2) is 7.97. The highest BCUT2D eigenvalue weighted by molar-refractivity contribution is 9.10. The first-order chi connectivity index (χ1) is 13.9. The highest BCUT2D eigenvalue weighted by Gasteiger charge is 2.49. The Morgan fingerprint density at radius 3 is 2.69 bits per heavy atom. The Hall–Kier alpha value is -2.09. The molecule has 29 heavy (non-hydrogen) atoms. The van der Waals surface area contributed by atoms with Crippen LogP contribution in [0.2, 0.25) is 0 Å². The molecule has 3 aliphatic rings. The minimum absolute atomic E-state index is 0.0508. The average Bonchev–Trinajstić information content (AvgIpc) is 3.44. The lowest BCUT2D eigenvalue weighted by molar-refractivity contribution is -0.133. The van der Waals surface area contributed by atoms with Gasteiger partial charge in [-0.25, -0.2) is 4.79 Å². The van der Waals surface area contributed by atoms with E-state index in [1.165, 1.54) is 0 Å². The molecule has 1 aliphatic carbocycles. The van der Waals surface area contributed by atoms with Crippen LogP contribution >= 0.6 is 15.9 Å². The van der Waals surface area contributed by atoms with Gasteiger partial charge >= 0.3 is 6.03 Å². The first-order valence-corrected chi connectivity index (χ1v) is 11.1. The van der Waals surface area contributed by atoms with Gasteiger partial charge in [-0.2, -0.15) is 0 Å². The van der Waals surface area contributed by atoms with Gasteiger partial charge in [-0.3, -0.25) is 14.9 Å². The maximum Gasteiger partial charge on any atom is 0.322 e. The third-order valence-electron chi connectivity index (χ3n) is 6.23. The maximum absolute atomic E-state index is 12.9. The molecule has 4 rings (SSSR count). The molecule has 1 unspecified atom stereocenters. The van der Waals surface area contributed by atoms with Crippen LogP contribution in [-0.2, 0) is 9.59 Å². The van der Waals surface area contributed by atoms with Gasteiger partial charge in [0.1, 0.15) is 5.54 Å². The summed E-state index contributed by atoms with van der Waals surface area (Å²) in [5, 5.41) is 5.16. The third-order valence-corrected chi connectivity index (χ3v) is 6.73. The summed E-state index contributed by atoms with van der Waals surface area (Å²) in [6.07, 6.45) is 3.44. The van der Waals surface area contributed by atoms with Gasteiger partial charge in [0.05, 0.1) is 0 Å². The minimum atomic E-state index is -0.919. The number of urea groups is 1. The Morgan fingerprint density at radius 2 is 2.07 bits per heavy atom. The Labute approximate surface area is 179 Å². The van der Waals surface area contributed by atoms with Crippen molar-refractivity contribution in [1.82, 2.24) is 15.5 Å². The largest absolute Gasteiger partial charge is 0.365 e. The zero-order chi connectivity index (χ0) is 20.6. The molecule has 0 spiro atoms. The van der Waals surface area contributed by atoms with Crippen LogP contribution < -0.4 is 15.5 Å². The summed E-state index contributed by atoms with van der Waals surface area (Å²) in [4.78, 5) is 41.2. The summed E-state index contributed by atoms with van der Waals surface area (Å²) in [6.45, 7) is 4.21. The van der Waals surface area contributed by atoms with Crippen LogP contribution in [0.25, 0.3) is 0 Å². The summed E-state index contributed by atoms with van der Waals surface area (Å²) < 4.78 is 1.04. The predicted octanol–water partition coefficient (Wildman–Crippen LogP) is 2.64. The molecule has 4 amide bonds. The van der Waals surface area contributed by atoms with E-state index in [-0.39, 0.29) is 24.3 Å². The third kappa shape index (κ3) is 4.42. The van der Waals surface area contributed by atoms with Gasteiger partial charge in [-0.05, 0) is 43.9 Å². The molecule has 1 aromatic rings. The van der Waals surface area contributed by atoms with E-state index in [1.54, 1.807) is 0 Å². The number of carbonyl (C=O) groups is 3. The van der Waals surface area contributed by atoms with Gasteiger partial charge in [0.15, 0.2) is 0 Å². The van der Waals surface area contributed by atoms with Gasteiger partial charge in [0.2, 0.25) is 5.91 Å². The van der Waals surface area contributed by atoms with Gasteiger partial charge in [-0.1, -0.05) is 34.8 Å². The van der Waals surface area contributed by atoms with E-state index < -0.39 is 11.6 Å². The van der Waals surface area contributed by atoms with Gasteiger partial charge < -0.3 is 15.1 Å². The van der Waals surface area contributed by atoms with Crippen LogP contribution in [0.1, 0.15) is 39.0 Å². The topological polar surface area (TPSA) is 81.8 Å². The van der Waals surface area contributed by atoms with E-state index in [0.717, 1.165) is 29.5 Å². The number of benzene rings is 1. The van der Waals surface area contributed by atoms with Crippen LogP contribution in [0.5, 0.6) is 0 Å². The number of hydrogen-bond acceptors (Lipinski definition) is 4. The molecule has 2 atom stereocenters. The molecule has 2 heterocycles. The number of halogens is 1. The van der Waals surface area contributed by atoms with Crippen molar-refractivity contribution in [2.24, 2.45) is 5.92 Å². The Balaban J connectivity index is 1.35. The number of imide groups is 1. The van der Waals surface area contributed by atoms with Crippen molar-refractivity contribution in [3.63, 3.8) is 0 Å².